The van der Waals surface area contributed by atoms with Gasteiger partial charge in [0.15, 0.2) is 0 Å². The topological polar surface area (TPSA) is 50.9 Å². The van der Waals surface area contributed by atoms with Crippen molar-refractivity contribution in [2.24, 2.45) is 0 Å². The van der Waals surface area contributed by atoms with Crippen molar-refractivity contribution in [3.05, 3.63) is 54.1 Å². The molecule has 16 heavy (non-hydrogen) atoms. The van der Waals surface area contributed by atoms with E-state index in [0.717, 1.165) is 12.1 Å². The van der Waals surface area contributed by atoms with Gasteiger partial charge in [0.25, 0.3) is 0 Å². The number of nitrogens with zero attached hydrogens (tertiary/aromatic N) is 3. The molecule has 0 spiro atoms. The molecule has 1 N–H and O–H groups in total. The van der Waals surface area contributed by atoms with Gasteiger partial charge in [-0.1, -0.05) is 36.4 Å². The summed E-state index contributed by atoms with van der Waals surface area (Å²) in [6.07, 6.45) is 6.82. The van der Waals surface area contributed by atoms with E-state index in [0.29, 0.717) is 0 Å². The summed E-state index contributed by atoms with van der Waals surface area (Å²) in [7, 11) is 0. The smallest absolute Gasteiger partial charge is 0.137 e. The summed E-state index contributed by atoms with van der Waals surface area (Å²) in [6.45, 7) is 0.796. The Morgan fingerprint density at radius 1 is 1.25 bits per heavy atom. The standard InChI is InChI=1S/C12H13N3O/c16-7-1-2-11-3-5-12(6-4-11)8-15-10-13-9-14-15/h1-6,9-10,16H,7-8H2. The first kappa shape index (κ1) is 10.6. The Morgan fingerprint density at radius 3 is 2.69 bits per heavy atom. The molecule has 0 aliphatic heterocycles. The van der Waals surface area contributed by atoms with Crippen molar-refractivity contribution < 1.29 is 5.11 Å². The van der Waals surface area contributed by atoms with Gasteiger partial charge in [0, 0.05) is 0 Å². The van der Waals surface area contributed by atoms with Crippen LogP contribution in [0.15, 0.2) is 43.0 Å². The maximum Gasteiger partial charge on any atom is 0.137 e. The van der Waals surface area contributed by atoms with E-state index in [2.05, 4.69) is 10.1 Å². The third-order valence-electron chi connectivity index (χ3n) is 2.21. The monoisotopic (exact) mass is 215 g/mol. The predicted octanol–water partition coefficient (Wildman–Crippen LogP) is 1.33. The highest BCUT2D eigenvalue weighted by atomic mass is 16.2. The molecule has 1 aromatic carbocycles. The molecule has 0 bridgehead atoms. The van der Waals surface area contributed by atoms with Crippen LogP contribution in [-0.4, -0.2) is 26.5 Å². The van der Waals surface area contributed by atoms with Crippen molar-refractivity contribution in [3.8, 4) is 0 Å². The van der Waals surface area contributed by atoms with Crippen LogP contribution in [0.4, 0.5) is 0 Å². The maximum atomic E-state index is 8.65. The van der Waals surface area contributed by atoms with E-state index < -0.39 is 0 Å². The molecule has 0 saturated heterocycles. The Labute approximate surface area is 93.9 Å². The lowest BCUT2D eigenvalue weighted by Crippen LogP contribution is -1.99. The molecule has 0 aliphatic rings. The highest BCUT2D eigenvalue weighted by Crippen LogP contribution is 2.07. The fourth-order valence-corrected chi connectivity index (χ4v) is 1.42. The van der Waals surface area contributed by atoms with E-state index in [1.54, 1.807) is 17.1 Å². The first-order chi connectivity index (χ1) is 7.88. The summed E-state index contributed by atoms with van der Waals surface area (Å²) in [5, 5.41) is 12.7. The molecule has 1 aromatic heterocycles. The Balaban J connectivity index is 2.05. The minimum absolute atomic E-state index is 0.0701. The molecule has 0 aliphatic carbocycles. The van der Waals surface area contributed by atoms with E-state index in [1.807, 2.05) is 30.3 Å². The van der Waals surface area contributed by atoms with Crippen LogP contribution in [0.25, 0.3) is 6.08 Å². The largest absolute Gasteiger partial charge is 0.392 e. The van der Waals surface area contributed by atoms with Gasteiger partial charge in [0.2, 0.25) is 0 Å². The van der Waals surface area contributed by atoms with Crippen molar-refractivity contribution in [1.29, 1.82) is 0 Å². The highest BCUT2D eigenvalue weighted by molar-refractivity contribution is 5.49. The van der Waals surface area contributed by atoms with Crippen LogP contribution < -0.4 is 0 Å². The highest BCUT2D eigenvalue weighted by Gasteiger charge is 1.95. The fraction of sp³-hybridized carbons (Fsp3) is 0.167. The van der Waals surface area contributed by atoms with Gasteiger partial charge in [0.05, 0.1) is 13.2 Å². The second kappa shape index (κ2) is 5.23. The van der Waals surface area contributed by atoms with Crippen molar-refractivity contribution in [2.45, 2.75) is 6.54 Å². The van der Waals surface area contributed by atoms with Crippen LogP contribution >= 0.6 is 0 Å². The lowest BCUT2D eigenvalue weighted by Gasteiger charge is -2.01. The number of hydrogen-bond acceptors (Lipinski definition) is 3. The van der Waals surface area contributed by atoms with E-state index in [1.165, 1.54) is 11.9 Å². The molecule has 4 nitrogen and oxygen atoms in total. The van der Waals surface area contributed by atoms with Gasteiger partial charge in [0.1, 0.15) is 12.7 Å². The van der Waals surface area contributed by atoms with Gasteiger partial charge in [-0.15, -0.1) is 0 Å². The second-order valence-corrected chi connectivity index (χ2v) is 3.42. The normalized spacial score (nSPS) is 11.1. The SMILES string of the molecule is OCC=Cc1ccc(Cn2cncn2)cc1. The molecule has 4 heteroatoms. The zero-order valence-electron chi connectivity index (χ0n) is 8.82. The fourth-order valence-electron chi connectivity index (χ4n) is 1.42. The summed E-state index contributed by atoms with van der Waals surface area (Å²) in [6, 6.07) is 8.11. The molecule has 0 atom stereocenters. The lowest BCUT2D eigenvalue weighted by atomic mass is 10.1. The van der Waals surface area contributed by atoms with E-state index in [9.17, 15) is 0 Å². The van der Waals surface area contributed by atoms with Crippen molar-refractivity contribution in [3.63, 3.8) is 0 Å². The molecule has 1 heterocycles. The van der Waals surface area contributed by atoms with Crippen LogP contribution in [0.1, 0.15) is 11.1 Å². The molecule has 0 unspecified atom stereocenters. The van der Waals surface area contributed by atoms with Gasteiger partial charge in [-0.05, 0) is 11.1 Å². The summed E-state index contributed by atoms with van der Waals surface area (Å²) in [5.74, 6) is 0. The van der Waals surface area contributed by atoms with Crippen LogP contribution in [0.3, 0.4) is 0 Å². The van der Waals surface area contributed by atoms with Crippen molar-refractivity contribution in [1.82, 2.24) is 14.8 Å². The molecule has 0 radical (unpaired) electrons. The first-order valence-corrected chi connectivity index (χ1v) is 5.07. The molecule has 0 amide bonds. The number of aliphatic hydroxyl groups is 1. The van der Waals surface area contributed by atoms with Gasteiger partial charge in [-0.3, -0.25) is 0 Å². The summed E-state index contributed by atoms with van der Waals surface area (Å²) < 4.78 is 1.78. The summed E-state index contributed by atoms with van der Waals surface area (Å²) in [4.78, 5) is 3.89. The number of rotatable bonds is 4. The van der Waals surface area contributed by atoms with Gasteiger partial charge in [-0.2, -0.15) is 5.10 Å². The second-order valence-electron chi connectivity index (χ2n) is 3.42. The minimum atomic E-state index is 0.0701. The van der Waals surface area contributed by atoms with Crippen molar-refractivity contribution >= 4 is 6.08 Å². The zero-order chi connectivity index (χ0) is 11.2. The quantitative estimate of drug-likeness (QED) is 0.837. The maximum absolute atomic E-state index is 8.65. The van der Waals surface area contributed by atoms with E-state index in [-0.39, 0.29) is 6.61 Å². The Morgan fingerprint density at radius 2 is 2.06 bits per heavy atom. The molecular weight excluding hydrogens is 202 g/mol. The third kappa shape index (κ3) is 2.77. The van der Waals surface area contributed by atoms with Crippen molar-refractivity contribution in [2.75, 3.05) is 6.61 Å². The molecule has 0 saturated carbocycles. The van der Waals surface area contributed by atoms with Crippen LogP contribution in [0.5, 0.6) is 0 Å². The first-order valence-electron chi connectivity index (χ1n) is 5.07. The third-order valence-corrected chi connectivity index (χ3v) is 2.21. The predicted molar refractivity (Wildman–Crippen MR) is 61.7 cm³/mol. The summed E-state index contributed by atoms with van der Waals surface area (Å²) in [5.41, 5.74) is 2.25. The van der Waals surface area contributed by atoms with Gasteiger partial charge >= 0.3 is 0 Å². The van der Waals surface area contributed by atoms with Gasteiger partial charge in [-0.25, -0.2) is 9.67 Å². The summed E-state index contributed by atoms with van der Waals surface area (Å²) >= 11 is 0. The Bertz CT molecular complexity index is 446. The van der Waals surface area contributed by atoms with Gasteiger partial charge < -0.3 is 5.11 Å². The number of benzene rings is 1. The Kier molecular flexibility index (Phi) is 3.46. The molecule has 82 valence electrons. The molecule has 2 aromatic rings. The van der Waals surface area contributed by atoms with E-state index >= 15 is 0 Å². The molecule has 0 fully saturated rings. The zero-order valence-corrected chi connectivity index (χ0v) is 8.82. The van der Waals surface area contributed by atoms with Crippen LogP contribution in [0, 0.1) is 0 Å². The Hall–Kier alpha value is -1.94. The number of aliphatic hydroxyl groups excluding tert-OH is 1. The molecule has 2 rings (SSSR count). The number of hydrogen-bond donors (Lipinski definition) is 1. The minimum Gasteiger partial charge on any atom is -0.392 e. The average molecular weight is 215 g/mol. The number of aromatic nitrogens is 3. The molecular formula is C12H13N3O. The average Bonchev–Trinajstić information content (AvgIpc) is 2.81. The van der Waals surface area contributed by atoms with E-state index in [4.69, 9.17) is 5.11 Å². The van der Waals surface area contributed by atoms with Crippen LogP contribution in [0.2, 0.25) is 0 Å². The van der Waals surface area contributed by atoms with Crippen LogP contribution in [-0.2, 0) is 6.54 Å². The lowest BCUT2D eigenvalue weighted by molar-refractivity contribution is 0.343.